The van der Waals surface area contributed by atoms with E-state index in [0.29, 0.717) is 24.2 Å². The van der Waals surface area contributed by atoms with Gasteiger partial charge in [0.05, 0.1) is 11.4 Å². The number of amides is 2. The zero-order chi connectivity index (χ0) is 18.1. The highest BCUT2D eigenvalue weighted by molar-refractivity contribution is 5.99. The Morgan fingerprint density at radius 1 is 1.00 bits per heavy atom. The van der Waals surface area contributed by atoms with Crippen molar-refractivity contribution in [2.45, 2.75) is 58.8 Å². The van der Waals surface area contributed by atoms with E-state index in [1.165, 1.54) is 12.8 Å². The summed E-state index contributed by atoms with van der Waals surface area (Å²) >= 11 is 0. The van der Waals surface area contributed by atoms with Gasteiger partial charge in [-0.1, -0.05) is 19.4 Å². The Hall–Kier alpha value is -1.88. The summed E-state index contributed by atoms with van der Waals surface area (Å²) in [6, 6.07) is 5.71. The molecular weight excluding hydrogens is 314 g/mol. The minimum absolute atomic E-state index is 0.00441. The van der Waals surface area contributed by atoms with Gasteiger partial charge >= 0.3 is 0 Å². The maximum Gasteiger partial charge on any atom is 0.224 e. The van der Waals surface area contributed by atoms with Crippen LogP contribution in [0.1, 0.15) is 57.4 Å². The number of nitrogens with one attached hydrogen (secondary N) is 2. The van der Waals surface area contributed by atoms with Crippen molar-refractivity contribution in [2.24, 2.45) is 0 Å². The second kappa shape index (κ2) is 10.2. The van der Waals surface area contributed by atoms with Gasteiger partial charge in [-0.25, -0.2) is 0 Å². The van der Waals surface area contributed by atoms with E-state index in [2.05, 4.69) is 22.5 Å². The first-order chi connectivity index (χ1) is 12.1. The van der Waals surface area contributed by atoms with Gasteiger partial charge in [0.15, 0.2) is 0 Å². The molecule has 0 bridgehead atoms. The number of carbonyl (C=O) groups is 2. The molecule has 2 amide bonds. The van der Waals surface area contributed by atoms with Crippen LogP contribution in [0.4, 0.5) is 11.4 Å². The number of rotatable bonds is 9. The van der Waals surface area contributed by atoms with Gasteiger partial charge in [-0.15, -0.1) is 0 Å². The van der Waals surface area contributed by atoms with Crippen molar-refractivity contribution in [3.8, 4) is 0 Å². The zero-order valence-electron chi connectivity index (χ0n) is 15.6. The van der Waals surface area contributed by atoms with Crippen LogP contribution in [0.25, 0.3) is 0 Å². The largest absolute Gasteiger partial charge is 0.324 e. The molecule has 2 rings (SSSR count). The molecule has 1 saturated heterocycles. The van der Waals surface area contributed by atoms with Crippen molar-refractivity contribution in [2.75, 3.05) is 30.3 Å². The van der Waals surface area contributed by atoms with Crippen molar-refractivity contribution in [1.29, 1.82) is 0 Å². The molecule has 1 fully saturated rings. The number of anilines is 2. The molecule has 0 aromatic heterocycles. The normalized spacial score (nSPS) is 14.5. The lowest BCUT2D eigenvalue weighted by Crippen LogP contribution is -2.22. The van der Waals surface area contributed by atoms with E-state index in [1.807, 2.05) is 25.1 Å². The molecule has 1 aliphatic heterocycles. The lowest BCUT2D eigenvalue weighted by Gasteiger charge is -2.15. The smallest absolute Gasteiger partial charge is 0.224 e. The topological polar surface area (TPSA) is 61.4 Å². The average molecular weight is 345 g/mol. The van der Waals surface area contributed by atoms with Crippen molar-refractivity contribution in [1.82, 2.24) is 4.90 Å². The summed E-state index contributed by atoms with van der Waals surface area (Å²) in [5, 5.41) is 5.88. The van der Waals surface area contributed by atoms with Crippen molar-refractivity contribution < 1.29 is 9.59 Å². The second-order valence-electron chi connectivity index (χ2n) is 6.90. The highest BCUT2D eigenvalue weighted by Crippen LogP contribution is 2.24. The van der Waals surface area contributed by atoms with Gasteiger partial charge in [0.2, 0.25) is 11.8 Å². The van der Waals surface area contributed by atoms with Gasteiger partial charge in [0.1, 0.15) is 0 Å². The molecule has 1 aromatic carbocycles. The number of unbranched alkanes of at least 4 members (excludes halogenated alkanes) is 1. The van der Waals surface area contributed by atoms with Crippen LogP contribution in [0.5, 0.6) is 0 Å². The molecule has 25 heavy (non-hydrogen) atoms. The van der Waals surface area contributed by atoms with E-state index in [4.69, 9.17) is 0 Å². The van der Waals surface area contributed by atoms with Crippen LogP contribution in [0.2, 0.25) is 0 Å². The Bertz CT molecular complexity index is 580. The number of benzene rings is 1. The van der Waals surface area contributed by atoms with E-state index >= 15 is 0 Å². The molecule has 1 heterocycles. The maximum atomic E-state index is 12.3. The van der Waals surface area contributed by atoms with Crippen LogP contribution in [-0.4, -0.2) is 36.3 Å². The van der Waals surface area contributed by atoms with Crippen LogP contribution in [-0.2, 0) is 9.59 Å². The Morgan fingerprint density at radius 2 is 1.64 bits per heavy atom. The quantitative estimate of drug-likeness (QED) is 0.713. The van der Waals surface area contributed by atoms with Gasteiger partial charge in [0.25, 0.3) is 0 Å². The Morgan fingerprint density at radius 3 is 2.32 bits per heavy atom. The van der Waals surface area contributed by atoms with Crippen LogP contribution >= 0.6 is 0 Å². The standard InChI is InChI=1S/C20H31N3O2/c1-3-4-8-19(24)21-17-11-10-16(2)15-18(17)22-20(25)9-7-14-23-12-5-6-13-23/h10-11,15H,3-9,12-14H2,1-2H3,(H,21,24)(H,22,25). The fourth-order valence-electron chi connectivity index (χ4n) is 3.10. The summed E-state index contributed by atoms with van der Waals surface area (Å²) in [5.74, 6) is 0.00379. The molecular formula is C20H31N3O2. The number of nitrogens with zero attached hydrogens (tertiary/aromatic N) is 1. The summed E-state index contributed by atoms with van der Waals surface area (Å²) in [6.07, 6.45) is 6.29. The van der Waals surface area contributed by atoms with Crippen molar-refractivity contribution in [3.05, 3.63) is 23.8 Å². The molecule has 0 saturated carbocycles. The number of carbonyl (C=O) groups excluding carboxylic acids is 2. The maximum absolute atomic E-state index is 12.3. The molecule has 138 valence electrons. The monoisotopic (exact) mass is 345 g/mol. The van der Waals surface area contributed by atoms with Crippen LogP contribution in [0, 0.1) is 6.92 Å². The average Bonchev–Trinajstić information content (AvgIpc) is 3.09. The second-order valence-corrected chi connectivity index (χ2v) is 6.90. The molecule has 0 atom stereocenters. The molecule has 5 nitrogen and oxygen atoms in total. The van der Waals surface area contributed by atoms with Gasteiger partial charge in [-0.3, -0.25) is 9.59 Å². The Kier molecular flexibility index (Phi) is 7.92. The number of hydrogen-bond acceptors (Lipinski definition) is 3. The fraction of sp³-hybridized carbons (Fsp3) is 0.600. The Labute approximate surface area is 151 Å². The van der Waals surface area contributed by atoms with Gasteiger partial charge in [0, 0.05) is 12.8 Å². The summed E-state index contributed by atoms with van der Waals surface area (Å²) in [7, 11) is 0. The van der Waals surface area contributed by atoms with E-state index in [0.717, 1.165) is 44.5 Å². The highest BCUT2D eigenvalue weighted by Gasteiger charge is 2.13. The first-order valence-corrected chi connectivity index (χ1v) is 9.51. The first kappa shape index (κ1) is 19.4. The lowest BCUT2D eigenvalue weighted by molar-refractivity contribution is -0.117. The predicted octanol–water partition coefficient (Wildman–Crippen LogP) is 3.94. The van der Waals surface area contributed by atoms with Gasteiger partial charge in [-0.05, 0) is 69.9 Å². The third-order valence-corrected chi connectivity index (χ3v) is 4.56. The third-order valence-electron chi connectivity index (χ3n) is 4.56. The molecule has 1 aromatic rings. The van der Waals surface area contributed by atoms with Crippen LogP contribution in [0.3, 0.4) is 0 Å². The minimum Gasteiger partial charge on any atom is -0.324 e. The van der Waals surface area contributed by atoms with Crippen molar-refractivity contribution in [3.63, 3.8) is 0 Å². The fourth-order valence-corrected chi connectivity index (χ4v) is 3.10. The molecule has 2 N–H and O–H groups in total. The van der Waals surface area contributed by atoms with Gasteiger partial charge < -0.3 is 15.5 Å². The number of hydrogen-bond donors (Lipinski definition) is 2. The lowest BCUT2D eigenvalue weighted by atomic mass is 10.1. The van der Waals surface area contributed by atoms with E-state index in [-0.39, 0.29) is 11.8 Å². The van der Waals surface area contributed by atoms with E-state index in [1.54, 1.807) is 0 Å². The van der Waals surface area contributed by atoms with Gasteiger partial charge in [-0.2, -0.15) is 0 Å². The van der Waals surface area contributed by atoms with Crippen LogP contribution in [0.15, 0.2) is 18.2 Å². The molecule has 0 radical (unpaired) electrons. The summed E-state index contributed by atoms with van der Waals surface area (Å²) in [4.78, 5) is 26.7. The molecule has 0 spiro atoms. The predicted molar refractivity (Wildman–Crippen MR) is 103 cm³/mol. The SMILES string of the molecule is CCCCC(=O)Nc1ccc(C)cc1NC(=O)CCCN1CCCC1. The first-order valence-electron chi connectivity index (χ1n) is 9.51. The van der Waals surface area contributed by atoms with E-state index in [9.17, 15) is 9.59 Å². The minimum atomic E-state index is -0.00441. The molecule has 0 aliphatic carbocycles. The number of aryl methyl sites for hydroxylation is 1. The molecule has 5 heteroatoms. The molecule has 0 unspecified atom stereocenters. The molecule has 1 aliphatic rings. The van der Waals surface area contributed by atoms with Crippen LogP contribution < -0.4 is 10.6 Å². The summed E-state index contributed by atoms with van der Waals surface area (Å²) in [6.45, 7) is 7.35. The summed E-state index contributed by atoms with van der Waals surface area (Å²) in [5.41, 5.74) is 2.43. The third kappa shape index (κ3) is 6.86. The highest BCUT2D eigenvalue weighted by atomic mass is 16.2. The summed E-state index contributed by atoms with van der Waals surface area (Å²) < 4.78 is 0. The number of likely N-dealkylation sites (tertiary alicyclic amines) is 1. The van der Waals surface area contributed by atoms with E-state index < -0.39 is 0 Å². The Balaban J connectivity index is 1.86. The van der Waals surface area contributed by atoms with Crippen molar-refractivity contribution >= 4 is 23.2 Å². The zero-order valence-corrected chi connectivity index (χ0v) is 15.6.